The molecule has 0 radical (unpaired) electrons. The molecule has 0 heterocycles. The molecule has 0 aliphatic carbocycles. The minimum absolute atomic E-state index is 0.000595. The molecule has 0 spiro atoms. The Morgan fingerprint density at radius 1 is 1.14 bits per heavy atom. The zero-order valence-corrected chi connectivity index (χ0v) is 14.1. The van der Waals surface area contributed by atoms with Crippen LogP contribution in [-0.2, 0) is 15.9 Å². The minimum atomic E-state index is -2.26. The summed E-state index contributed by atoms with van der Waals surface area (Å²) in [5, 5.41) is 7.52. The highest BCUT2D eigenvalue weighted by atomic mass is 127. The molecule has 21 heavy (non-hydrogen) atoms. The van der Waals surface area contributed by atoms with Crippen LogP contribution in [0, 0.1) is 0 Å². The van der Waals surface area contributed by atoms with Crippen LogP contribution in [-0.4, -0.2) is 32.2 Å². The van der Waals surface area contributed by atoms with Crippen molar-refractivity contribution < 1.29 is 13.6 Å². The number of anilines is 1. The van der Waals surface area contributed by atoms with Gasteiger partial charge in [0.15, 0.2) is 0 Å². The van der Waals surface area contributed by atoms with Gasteiger partial charge in [0.05, 0.1) is 4.43 Å². The van der Waals surface area contributed by atoms with Crippen LogP contribution in [0.3, 0.4) is 0 Å². The molecule has 2 aromatic rings. The van der Waals surface area contributed by atoms with E-state index in [1.54, 1.807) is 18.2 Å². The predicted octanol–water partition coefficient (Wildman–Crippen LogP) is 2.04. The molecule has 5 nitrogen and oxygen atoms in total. The number of rotatable bonds is 6. The standard InChI is InChI=1S/C14H15IN2O3S/c15-9-14(18)17-8-7-16-12-5-1-4-11-10(12)3-2-6-13(11)21(19)20/h1-6,16H,7-9H2,(H,17,18)(H,19,20)/p-1. The Morgan fingerprint density at radius 2 is 1.86 bits per heavy atom. The number of hydrogen-bond acceptors (Lipinski definition) is 4. The van der Waals surface area contributed by atoms with Crippen LogP contribution in [0.2, 0.25) is 0 Å². The smallest absolute Gasteiger partial charge is 0.229 e. The van der Waals surface area contributed by atoms with Crippen LogP contribution in [0.4, 0.5) is 5.69 Å². The molecule has 7 heteroatoms. The van der Waals surface area contributed by atoms with Crippen molar-refractivity contribution in [2.75, 3.05) is 22.8 Å². The number of alkyl halides is 1. The van der Waals surface area contributed by atoms with Crippen molar-refractivity contribution in [1.29, 1.82) is 0 Å². The molecule has 0 saturated heterocycles. The fraction of sp³-hybridized carbons (Fsp3) is 0.214. The fourth-order valence-electron chi connectivity index (χ4n) is 2.03. The maximum Gasteiger partial charge on any atom is 0.229 e. The van der Waals surface area contributed by atoms with Crippen molar-refractivity contribution in [3.8, 4) is 0 Å². The lowest BCUT2D eigenvalue weighted by Crippen LogP contribution is -2.29. The van der Waals surface area contributed by atoms with Crippen molar-refractivity contribution in [3.05, 3.63) is 36.4 Å². The minimum Gasteiger partial charge on any atom is -0.768 e. The summed E-state index contributed by atoms with van der Waals surface area (Å²) in [5.41, 5.74) is 0.850. The van der Waals surface area contributed by atoms with Gasteiger partial charge in [0.25, 0.3) is 0 Å². The summed E-state index contributed by atoms with van der Waals surface area (Å²) in [5.74, 6) is -0.000595. The monoisotopic (exact) mass is 417 g/mol. The Morgan fingerprint density at radius 3 is 2.57 bits per heavy atom. The van der Waals surface area contributed by atoms with Gasteiger partial charge in [-0.15, -0.1) is 0 Å². The zero-order valence-electron chi connectivity index (χ0n) is 11.1. The summed E-state index contributed by atoms with van der Waals surface area (Å²) >= 11 is -0.255. The number of carbonyl (C=O) groups excluding carboxylic acids is 1. The lowest BCUT2D eigenvalue weighted by atomic mass is 10.1. The predicted molar refractivity (Wildman–Crippen MR) is 91.5 cm³/mol. The van der Waals surface area contributed by atoms with Crippen molar-refractivity contribution >= 4 is 56.0 Å². The Kier molecular flexibility index (Phi) is 5.95. The first-order valence-corrected chi connectivity index (χ1v) is 8.91. The first-order chi connectivity index (χ1) is 10.1. The van der Waals surface area contributed by atoms with Gasteiger partial charge in [0, 0.05) is 29.1 Å². The van der Waals surface area contributed by atoms with Crippen molar-refractivity contribution in [3.63, 3.8) is 0 Å². The summed E-state index contributed by atoms with van der Waals surface area (Å²) in [6.45, 7) is 1.09. The lowest BCUT2D eigenvalue weighted by Gasteiger charge is -2.13. The van der Waals surface area contributed by atoms with E-state index in [1.807, 2.05) is 40.8 Å². The number of benzene rings is 2. The summed E-state index contributed by atoms with van der Waals surface area (Å²) in [7, 11) is 0. The van der Waals surface area contributed by atoms with E-state index in [2.05, 4.69) is 10.6 Å². The van der Waals surface area contributed by atoms with Gasteiger partial charge in [-0.2, -0.15) is 0 Å². The van der Waals surface area contributed by atoms with Gasteiger partial charge >= 0.3 is 0 Å². The normalized spacial score (nSPS) is 12.1. The number of amides is 1. The molecule has 0 bridgehead atoms. The van der Waals surface area contributed by atoms with Crippen molar-refractivity contribution in [2.45, 2.75) is 4.90 Å². The highest BCUT2D eigenvalue weighted by molar-refractivity contribution is 14.1. The van der Waals surface area contributed by atoms with Crippen LogP contribution in [0.15, 0.2) is 41.3 Å². The van der Waals surface area contributed by atoms with Gasteiger partial charge in [0.1, 0.15) is 0 Å². The Balaban J connectivity index is 2.15. The van der Waals surface area contributed by atoms with Gasteiger partial charge < -0.3 is 15.2 Å². The maximum absolute atomic E-state index is 11.2. The second-order valence-corrected chi connectivity index (χ2v) is 5.97. The van der Waals surface area contributed by atoms with E-state index >= 15 is 0 Å². The molecule has 0 aliphatic rings. The second-order valence-electron chi connectivity index (χ2n) is 4.30. The summed E-state index contributed by atoms with van der Waals surface area (Å²) in [6, 6.07) is 10.7. The molecule has 112 valence electrons. The van der Waals surface area contributed by atoms with E-state index in [4.69, 9.17) is 0 Å². The molecular weight excluding hydrogens is 403 g/mol. The van der Waals surface area contributed by atoms with Crippen LogP contribution < -0.4 is 10.6 Å². The lowest BCUT2D eigenvalue weighted by molar-refractivity contribution is -0.118. The molecule has 2 N–H and O–H groups in total. The van der Waals surface area contributed by atoms with E-state index in [-0.39, 0.29) is 10.8 Å². The number of fused-ring (bicyclic) bond motifs is 1. The molecule has 0 aliphatic heterocycles. The van der Waals surface area contributed by atoms with Gasteiger partial charge in [-0.3, -0.25) is 9.00 Å². The Bertz CT molecular complexity index is 678. The molecule has 1 unspecified atom stereocenters. The highest BCUT2D eigenvalue weighted by Crippen LogP contribution is 2.27. The van der Waals surface area contributed by atoms with Gasteiger partial charge in [-0.05, 0) is 28.6 Å². The molecule has 1 atom stereocenters. The quantitative estimate of drug-likeness (QED) is 0.326. The third-order valence-corrected chi connectivity index (χ3v) is 4.35. The maximum atomic E-state index is 11.2. The molecule has 0 aromatic heterocycles. The van der Waals surface area contributed by atoms with Crippen LogP contribution in [0.25, 0.3) is 10.8 Å². The molecule has 0 saturated carbocycles. The molecule has 2 aromatic carbocycles. The summed E-state index contributed by atoms with van der Waals surface area (Å²) in [4.78, 5) is 11.4. The number of hydrogen-bond donors (Lipinski definition) is 2. The SMILES string of the molecule is O=C(CI)NCCNc1cccc2c(S(=O)[O-])cccc12. The van der Waals surface area contributed by atoms with E-state index in [0.29, 0.717) is 22.9 Å². The van der Waals surface area contributed by atoms with Crippen LogP contribution >= 0.6 is 22.6 Å². The van der Waals surface area contributed by atoms with Gasteiger partial charge in [0.2, 0.25) is 5.91 Å². The molecule has 1 amide bonds. The van der Waals surface area contributed by atoms with Crippen molar-refractivity contribution in [2.24, 2.45) is 0 Å². The summed E-state index contributed by atoms with van der Waals surface area (Å²) in [6.07, 6.45) is 0. The first kappa shape index (κ1) is 16.2. The third kappa shape index (κ3) is 4.14. The Hall–Kier alpha value is -1.19. The average molecular weight is 417 g/mol. The fourth-order valence-corrected chi connectivity index (χ4v) is 2.84. The van der Waals surface area contributed by atoms with Crippen LogP contribution in [0.1, 0.15) is 0 Å². The first-order valence-electron chi connectivity index (χ1n) is 6.31. The molecule has 2 rings (SSSR count). The average Bonchev–Trinajstić information content (AvgIpc) is 2.50. The third-order valence-electron chi connectivity index (χ3n) is 2.95. The summed E-state index contributed by atoms with van der Waals surface area (Å²) < 4.78 is 22.9. The highest BCUT2D eigenvalue weighted by Gasteiger charge is 2.05. The topological polar surface area (TPSA) is 81.3 Å². The largest absolute Gasteiger partial charge is 0.768 e. The zero-order chi connectivity index (χ0) is 15.2. The van der Waals surface area contributed by atoms with E-state index in [0.717, 1.165) is 11.1 Å². The van der Waals surface area contributed by atoms with E-state index in [1.165, 1.54) is 0 Å². The molecular formula is C14H14IN2O3S-. The van der Waals surface area contributed by atoms with Gasteiger partial charge in [-0.25, -0.2) is 0 Å². The van der Waals surface area contributed by atoms with Gasteiger partial charge in [-0.1, -0.05) is 46.9 Å². The number of halogens is 1. The second kappa shape index (κ2) is 7.71. The van der Waals surface area contributed by atoms with E-state index < -0.39 is 11.1 Å². The Labute approximate surface area is 138 Å². The molecule has 0 fully saturated rings. The number of nitrogens with one attached hydrogen (secondary N) is 2. The van der Waals surface area contributed by atoms with E-state index in [9.17, 15) is 13.6 Å². The number of carbonyl (C=O) groups is 1. The van der Waals surface area contributed by atoms with Crippen LogP contribution in [0.5, 0.6) is 0 Å². The van der Waals surface area contributed by atoms with Crippen molar-refractivity contribution in [1.82, 2.24) is 5.32 Å².